The summed E-state index contributed by atoms with van der Waals surface area (Å²) in [5, 5.41) is 0. The highest BCUT2D eigenvalue weighted by Crippen LogP contribution is 2.25. The summed E-state index contributed by atoms with van der Waals surface area (Å²) in [5.41, 5.74) is 3.36. The molecule has 0 saturated heterocycles. The molecule has 0 saturated carbocycles. The predicted octanol–water partition coefficient (Wildman–Crippen LogP) is 3.76. The van der Waals surface area contributed by atoms with Gasteiger partial charge in [0, 0.05) is 12.4 Å². The third kappa shape index (κ3) is 2.72. The van der Waals surface area contributed by atoms with E-state index < -0.39 is 0 Å². The van der Waals surface area contributed by atoms with E-state index >= 15 is 0 Å². The predicted molar refractivity (Wildman–Crippen MR) is 79.1 cm³/mol. The summed E-state index contributed by atoms with van der Waals surface area (Å²) in [6, 6.07) is 16.3. The Labute approximate surface area is 118 Å². The number of aromatic nitrogens is 2. The second-order valence-corrected chi connectivity index (χ2v) is 4.72. The molecule has 0 aliphatic heterocycles. The lowest BCUT2D eigenvalue weighted by Gasteiger charge is -2.13. The van der Waals surface area contributed by atoms with Crippen molar-refractivity contribution in [3.8, 4) is 11.4 Å². The van der Waals surface area contributed by atoms with Crippen molar-refractivity contribution < 1.29 is 4.74 Å². The Bertz CT molecular complexity index is 675. The first kappa shape index (κ1) is 12.5. The van der Waals surface area contributed by atoms with Crippen LogP contribution in [0.1, 0.15) is 11.1 Å². The van der Waals surface area contributed by atoms with Gasteiger partial charge in [-0.15, -0.1) is 0 Å². The zero-order chi connectivity index (χ0) is 13.8. The standard InChI is InChI=1S/C17H16N2O/c1-14-7-8-17(16(11-14)19-10-9-18-13-19)20-12-15-5-3-2-4-6-15/h2-11,13H,12H2,1H3. The van der Waals surface area contributed by atoms with Gasteiger partial charge in [0.2, 0.25) is 0 Å². The summed E-state index contributed by atoms with van der Waals surface area (Å²) < 4.78 is 7.92. The molecule has 0 fully saturated rings. The molecule has 1 aromatic heterocycles. The van der Waals surface area contributed by atoms with Gasteiger partial charge in [-0.3, -0.25) is 0 Å². The number of rotatable bonds is 4. The Morgan fingerprint density at radius 2 is 1.95 bits per heavy atom. The fraction of sp³-hybridized carbons (Fsp3) is 0.118. The number of benzene rings is 2. The summed E-state index contributed by atoms with van der Waals surface area (Å²) in [5.74, 6) is 0.859. The first-order valence-electron chi connectivity index (χ1n) is 6.58. The van der Waals surface area contributed by atoms with Gasteiger partial charge in [-0.25, -0.2) is 4.98 Å². The van der Waals surface area contributed by atoms with Crippen LogP contribution in [0.15, 0.2) is 67.3 Å². The van der Waals surface area contributed by atoms with Gasteiger partial charge < -0.3 is 9.30 Å². The monoisotopic (exact) mass is 264 g/mol. The molecule has 1 heterocycles. The molecule has 0 aliphatic rings. The van der Waals surface area contributed by atoms with Crippen molar-refractivity contribution in [3.05, 3.63) is 78.4 Å². The molecule has 3 aromatic rings. The number of nitrogens with zero attached hydrogens (tertiary/aromatic N) is 2. The van der Waals surface area contributed by atoms with E-state index in [9.17, 15) is 0 Å². The summed E-state index contributed by atoms with van der Waals surface area (Å²) in [4.78, 5) is 4.10. The second kappa shape index (κ2) is 5.61. The van der Waals surface area contributed by atoms with Crippen molar-refractivity contribution in [2.45, 2.75) is 13.5 Å². The molecular weight excluding hydrogens is 248 g/mol. The molecule has 2 aromatic carbocycles. The molecule has 0 atom stereocenters. The third-order valence-corrected chi connectivity index (χ3v) is 3.13. The Balaban J connectivity index is 1.86. The number of hydrogen-bond acceptors (Lipinski definition) is 2. The van der Waals surface area contributed by atoms with Crippen LogP contribution in [0.25, 0.3) is 5.69 Å². The molecule has 3 nitrogen and oxygen atoms in total. The highest BCUT2D eigenvalue weighted by molar-refractivity contribution is 5.49. The quantitative estimate of drug-likeness (QED) is 0.717. The van der Waals surface area contributed by atoms with E-state index in [1.807, 2.05) is 35.0 Å². The molecule has 0 radical (unpaired) electrons. The fourth-order valence-corrected chi connectivity index (χ4v) is 2.09. The van der Waals surface area contributed by atoms with Crippen LogP contribution >= 0.6 is 0 Å². The molecular formula is C17H16N2O. The van der Waals surface area contributed by atoms with Gasteiger partial charge in [-0.2, -0.15) is 0 Å². The topological polar surface area (TPSA) is 27.1 Å². The largest absolute Gasteiger partial charge is 0.487 e. The van der Waals surface area contributed by atoms with Gasteiger partial charge >= 0.3 is 0 Å². The Hall–Kier alpha value is -2.55. The van der Waals surface area contributed by atoms with Crippen LogP contribution in [0.4, 0.5) is 0 Å². The van der Waals surface area contributed by atoms with Crippen molar-refractivity contribution >= 4 is 0 Å². The normalized spacial score (nSPS) is 10.4. The highest BCUT2D eigenvalue weighted by Gasteiger charge is 2.06. The molecule has 100 valence electrons. The average molecular weight is 264 g/mol. The molecule has 3 rings (SSSR count). The van der Waals surface area contributed by atoms with Gasteiger partial charge in [0.15, 0.2) is 0 Å². The van der Waals surface area contributed by atoms with Gasteiger partial charge in [0.1, 0.15) is 12.4 Å². The van der Waals surface area contributed by atoms with Crippen molar-refractivity contribution in [3.63, 3.8) is 0 Å². The van der Waals surface area contributed by atoms with Crippen LogP contribution in [-0.2, 0) is 6.61 Å². The van der Waals surface area contributed by atoms with E-state index in [4.69, 9.17) is 4.74 Å². The number of hydrogen-bond donors (Lipinski definition) is 0. The van der Waals surface area contributed by atoms with Crippen LogP contribution in [0.3, 0.4) is 0 Å². The van der Waals surface area contributed by atoms with Gasteiger partial charge in [-0.05, 0) is 30.2 Å². The second-order valence-electron chi connectivity index (χ2n) is 4.72. The zero-order valence-corrected chi connectivity index (χ0v) is 11.4. The van der Waals surface area contributed by atoms with Crippen LogP contribution in [0.5, 0.6) is 5.75 Å². The Morgan fingerprint density at radius 1 is 1.10 bits per heavy atom. The fourth-order valence-electron chi connectivity index (χ4n) is 2.09. The smallest absolute Gasteiger partial charge is 0.143 e. The first-order chi connectivity index (χ1) is 9.83. The first-order valence-corrected chi connectivity index (χ1v) is 6.58. The molecule has 0 aliphatic carbocycles. The van der Waals surface area contributed by atoms with Gasteiger partial charge in [0.05, 0.1) is 12.0 Å². The van der Waals surface area contributed by atoms with E-state index in [1.54, 1.807) is 12.5 Å². The molecule has 0 spiro atoms. The minimum absolute atomic E-state index is 0.561. The summed E-state index contributed by atoms with van der Waals surface area (Å²) >= 11 is 0. The summed E-state index contributed by atoms with van der Waals surface area (Å²) in [6.07, 6.45) is 5.47. The van der Waals surface area contributed by atoms with Crippen LogP contribution in [0.2, 0.25) is 0 Å². The van der Waals surface area contributed by atoms with Gasteiger partial charge in [0.25, 0.3) is 0 Å². The molecule has 20 heavy (non-hydrogen) atoms. The molecule has 0 N–H and O–H groups in total. The van der Waals surface area contributed by atoms with Crippen LogP contribution in [0, 0.1) is 6.92 Å². The van der Waals surface area contributed by atoms with E-state index in [0.29, 0.717) is 6.61 Å². The zero-order valence-electron chi connectivity index (χ0n) is 11.4. The number of aryl methyl sites for hydroxylation is 1. The molecule has 3 heteroatoms. The summed E-state index contributed by atoms with van der Waals surface area (Å²) in [7, 11) is 0. The minimum Gasteiger partial charge on any atom is -0.487 e. The van der Waals surface area contributed by atoms with Gasteiger partial charge in [-0.1, -0.05) is 36.4 Å². The van der Waals surface area contributed by atoms with Crippen molar-refractivity contribution in [2.75, 3.05) is 0 Å². The SMILES string of the molecule is Cc1ccc(OCc2ccccc2)c(-n2ccnc2)c1. The lowest BCUT2D eigenvalue weighted by Crippen LogP contribution is -2.00. The van der Waals surface area contributed by atoms with Crippen molar-refractivity contribution in [1.82, 2.24) is 9.55 Å². The summed E-state index contributed by atoms with van der Waals surface area (Å²) in [6.45, 7) is 2.63. The van der Waals surface area contributed by atoms with E-state index in [0.717, 1.165) is 17.0 Å². The molecule has 0 unspecified atom stereocenters. The number of imidazole rings is 1. The third-order valence-electron chi connectivity index (χ3n) is 3.13. The lowest BCUT2D eigenvalue weighted by atomic mass is 10.2. The number of ether oxygens (including phenoxy) is 1. The highest BCUT2D eigenvalue weighted by atomic mass is 16.5. The maximum atomic E-state index is 5.95. The minimum atomic E-state index is 0.561. The Morgan fingerprint density at radius 3 is 2.70 bits per heavy atom. The molecule has 0 bridgehead atoms. The van der Waals surface area contributed by atoms with Crippen molar-refractivity contribution in [2.24, 2.45) is 0 Å². The van der Waals surface area contributed by atoms with Crippen LogP contribution < -0.4 is 4.74 Å². The maximum absolute atomic E-state index is 5.95. The van der Waals surface area contributed by atoms with E-state index in [-0.39, 0.29) is 0 Å². The molecule has 0 amide bonds. The maximum Gasteiger partial charge on any atom is 0.143 e. The van der Waals surface area contributed by atoms with Crippen LogP contribution in [-0.4, -0.2) is 9.55 Å². The average Bonchev–Trinajstić information content (AvgIpc) is 3.01. The van der Waals surface area contributed by atoms with Crippen molar-refractivity contribution in [1.29, 1.82) is 0 Å². The van der Waals surface area contributed by atoms with E-state index in [2.05, 4.69) is 36.2 Å². The van der Waals surface area contributed by atoms with E-state index in [1.165, 1.54) is 5.56 Å². The Kier molecular flexibility index (Phi) is 3.50. The lowest BCUT2D eigenvalue weighted by molar-refractivity contribution is 0.305.